The van der Waals surface area contributed by atoms with E-state index in [2.05, 4.69) is 15.6 Å². The summed E-state index contributed by atoms with van der Waals surface area (Å²) in [5.41, 5.74) is 0.434. The van der Waals surface area contributed by atoms with Crippen molar-refractivity contribution < 1.29 is 13.6 Å². The molecule has 1 unspecified atom stereocenters. The fraction of sp³-hybridized carbons (Fsp3) is 0.444. The van der Waals surface area contributed by atoms with Crippen molar-refractivity contribution in [3.63, 3.8) is 0 Å². The topological polar surface area (TPSA) is 59.0 Å². The Bertz CT molecular complexity index is 740. The van der Waals surface area contributed by atoms with Crippen LogP contribution in [0, 0.1) is 17.6 Å². The first-order chi connectivity index (χ1) is 12.0. The molecule has 5 nitrogen and oxygen atoms in total. The van der Waals surface area contributed by atoms with Crippen molar-refractivity contribution in [2.24, 2.45) is 13.0 Å². The number of nitrogens with zero attached hydrogens (tertiary/aromatic N) is 2. The van der Waals surface area contributed by atoms with Gasteiger partial charge in [0.05, 0.1) is 0 Å². The lowest BCUT2D eigenvalue weighted by atomic mass is 10.1. The van der Waals surface area contributed by atoms with Crippen LogP contribution < -0.4 is 10.6 Å². The molecular weight excluding hydrogens is 326 g/mol. The highest BCUT2D eigenvalue weighted by atomic mass is 19.2. The molecule has 0 bridgehead atoms. The lowest BCUT2D eigenvalue weighted by molar-refractivity contribution is 0.236. The van der Waals surface area contributed by atoms with Crippen LogP contribution in [-0.2, 0) is 7.05 Å². The maximum Gasteiger partial charge on any atom is 0.315 e. The van der Waals surface area contributed by atoms with Gasteiger partial charge in [-0.1, -0.05) is 18.9 Å². The van der Waals surface area contributed by atoms with Gasteiger partial charge >= 0.3 is 6.03 Å². The summed E-state index contributed by atoms with van der Waals surface area (Å²) in [4.78, 5) is 16.6. The quantitative estimate of drug-likeness (QED) is 0.871. The van der Waals surface area contributed by atoms with E-state index in [-0.39, 0.29) is 6.03 Å². The SMILES string of the molecule is Cn1ccnc1C(NC(=O)NCC1CCCC1)c1ccc(F)c(F)c1. The smallest absolute Gasteiger partial charge is 0.315 e. The van der Waals surface area contributed by atoms with Crippen LogP contribution in [-0.4, -0.2) is 22.1 Å². The largest absolute Gasteiger partial charge is 0.338 e. The molecule has 1 saturated carbocycles. The summed E-state index contributed by atoms with van der Waals surface area (Å²) in [5.74, 6) is -0.819. The third-order valence-corrected chi connectivity index (χ3v) is 4.70. The molecule has 134 valence electrons. The molecule has 1 atom stereocenters. The van der Waals surface area contributed by atoms with Gasteiger partial charge in [-0.25, -0.2) is 18.6 Å². The Morgan fingerprint density at radius 1 is 1.32 bits per heavy atom. The minimum absolute atomic E-state index is 0.343. The number of carbonyl (C=O) groups excluding carboxylic acids is 1. The molecule has 2 N–H and O–H groups in total. The Hall–Kier alpha value is -2.44. The van der Waals surface area contributed by atoms with Crippen LogP contribution in [0.3, 0.4) is 0 Å². The van der Waals surface area contributed by atoms with Gasteiger partial charge in [0.2, 0.25) is 0 Å². The second kappa shape index (κ2) is 7.63. The molecule has 1 fully saturated rings. The number of carbonyl (C=O) groups is 1. The molecule has 0 radical (unpaired) electrons. The van der Waals surface area contributed by atoms with Crippen molar-refractivity contribution in [2.75, 3.05) is 6.54 Å². The van der Waals surface area contributed by atoms with Gasteiger partial charge in [0.1, 0.15) is 11.9 Å². The number of amides is 2. The number of benzene rings is 1. The zero-order chi connectivity index (χ0) is 17.8. The predicted octanol–water partition coefficient (Wildman–Crippen LogP) is 3.28. The number of imidazole rings is 1. The molecule has 3 rings (SSSR count). The van der Waals surface area contributed by atoms with Crippen LogP contribution >= 0.6 is 0 Å². The number of urea groups is 1. The van der Waals surface area contributed by atoms with Gasteiger partial charge in [0.25, 0.3) is 0 Å². The average Bonchev–Trinajstić information content (AvgIpc) is 3.25. The number of aryl methyl sites for hydroxylation is 1. The lowest BCUT2D eigenvalue weighted by Gasteiger charge is -2.20. The Balaban J connectivity index is 1.75. The van der Waals surface area contributed by atoms with Crippen LogP contribution in [0.15, 0.2) is 30.6 Å². The molecule has 25 heavy (non-hydrogen) atoms. The number of rotatable bonds is 5. The fourth-order valence-corrected chi connectivity index (χ4v) is 3.28. The number of halogens is 2. The van der Waals surface area contributed by atoms with Crippen LogP contribution in [0.4, 0.5) is 13.6 Å². The summed E-state index contributed by atoms with van der Waals surface area (Å²) in [6.45, 7) is 0.622. The second-order valence-electron chi connectivity index (χ2n) is 6.51. The highest BCUT2D eigenvalue weighted by molar-refractivity contribution is 5.74. The van der Waals surface area contributed by atoms with Crippen LogP contribution in [0.5, 0.6) is 0 Å². The van der Waals surface area contributed by atoms with E-state index in [1.807, 2.05) is 0 Å². The van der Waals surface area contributed by atoms with Crippen molar-refractivity contribution in [3.05, 3.63) is 53.6 Å². The van der Waals surface area contributed by atoms with E-state index in [1.165, 1.54) is 18.9 Å². The van der Waals surface area contributed by atoms with Gasteiger partial charge in [0, 0.05) is 26.0 Å². The van der Waals surface area contributed by atoms with Gasteiger partial charge in [-0.15, -0.1) is 0 Å². The first-order valence-corrected chi connectivity index (χ1v) is 8.51. The highest BCUT2D eigenvalue weighted by Crippen LogP contribution is 2.24. The molecule has 2 amide bonds. The fourth-order valence-electron chi connectivity index (χ4n) is 3.28. The summed E-state index contributed by atoms with van der Waals surface area (Å²) < 4.78 is 28.6. The molecule has 0 spiro atoms. The van der Waals surface area contributed by atoms with Crippen LogP contribution in [0.1, 0.15) is 43.1 Å². The molecule has 2 aromatic rings. The Morgan fingerprint density at radius 2 is 2.08 bits per heavy atom. The molecule has 1 aromatic heterocycles. The van der Waals surface area contributed by atoms with Crippen molar-refractivity contribution in [1.82, 2.24) is 20.2 Å². The summed E-state index contributed by atoms with van der Waals surface area (Å²) in [7, 11) is 1.79. The van der Waals surface area contributed by atoms with Crippen LogP contribution in [0.25, 0.3) is 0 Å². The minimum Gasteiger partial charge on any atom is -0.338 e. The normalized spacial score (nSPS) is 16.0. The van der Waals surface area contributed by atoms with E-state index >= 15 is 0 Å². The zero-order valence-corrected chi connectivity index (χ0v) is 14.1. The number of hydrogen-bond donors (Lipinski definition) is 2. The molecule has 1 aliphatic rings. The summed E-state index contributed by atoms with van der Waals surface area (Å²) >= 11 is 0. The zero-order valence-electron chi connectivity index (χ0n) is 14.1. The van der Waals surface area contributed by atoms with Crippen molar-refractivity contribution >= 4 is 6.03 Å². The molecule has 1 heterocycles. The van der Waals surface area contributed by atoms with Gasteiger partial charge < -0.3 is 15.2 Å². The molecule has 1 aliphatic carbocycles. The van der Waals surface area contributed by atoms with Gasteiger partial charge in [-0.3, -0.25) is 0 Å². The maximum atomic E-state index is 13.6. The number of hydrogen-bond acceptors (Lipinski definition) is 2. The standard InChI is InChI=1S/C18H22F2N4O/c1-24-9-8-21-17(24)16(13-6-7-14(19)15(20)10-13)23-18(25)22-11-12-4-2-3-5-12/h6-10,12,16H,2-5,11H2,1H3,(H2,22,23,25). The van der Waals surface area contributed by atoms with E-state index in [0.29, 0.717) is 23.9 Å². The monoisotopic (exact) mass is 348 g/mol. The van der Waals surface area contributed by atoms with Gasteiger partial charge in [-0.05, 0) is 36.5 Å². The second-order valence-corrected chi connectivity index (χ2v) is 6.51. The Labute approximate surface area is 145 Å². The summed E-state index contributed by atoms with van der Waals surface area (Å²) in [5, 5.41) is 5.70. The van der Waals surface area contributed by atoms with E-state index < -0.39 is 17.7 Å². The first-order valence-electron chi connectivity index (χ1n) is 8.51. The molecule has 1 aromatic carbocycles. The number of nitrogens with one attached hydrogen (secondary N) is 2. The number of aromatic nitrogens is 2. The predicted molar refractivity (Wildman–Crippen MR) is 89.9 cm³/mol. The Morgan fingerprint density at radius 3 is 2.72 bits per heavy atom. The van der Waals surface area contributed by atoms with E-state index in [4.69, 9.17) is 0 Å². The van der Waals surface area contributed by atoms with Crippen molar-refractivity contribution in [3.8, 4) is 0 Å². The third kappa shape index (κ3) is 4.15. The Kier molecular flexibility index (Phi) is 5.31. The van der Waals surface area contributed by atoms with Crippen LogP contribution in [0.2, 0.25) is 0 Å². The summed E-state index contributed by atoms with van der Waals surface area (Å²) in [6.07, 6.45) is 8.01. The summed E-state index contributed by atoms with van der Waals surface area (Å²) in [6, 6.07) is 2.59. The highest BCUT2D eigenvalue weighted by Gasteiger charge is 2.23. The molecule has 0 aliphatic heterocycles. The van der Waals surface area contributed by atoms with E-state index in [9.17, 15) is 13.6 Å². The van der Waals surface area contributed by atoms with E-state index in [0.717, 1.165) is 25.0 Å². The maximum absolute atomic E-state index is 13.6. The lowest BCUT2D eigenvalue weighted by Crippen LogP contribution is -2.41. The van der Waals surface area contributed by atoms with Gasteiger partial charge in [-0.2, -0.15) is 0 Å². The van der Waals surface area contributed by atoms with Crippen molar-refractivity contribution in [2.45, 2.75) is 31.7 Å². The van der Waals surface area contributed by atoms with E-state index in [1.54, 1.807) is 24.0 Å². The minimum atomic E-state index is -0.954. The van der Waals surface area contributed by atoms with Gasteiger partial charge in [0.15, 0.2) is 11.6 Å². The molecule has 7 heteroatoms. The molecule has 0 saturated heterocycles. The van der Waals surface area contributed by atoms with Crippen molar-refractivity contribution in [1.29, 1.82) is 0 Å². The average molecular weight is 348 g/mol. The third-order valence-electron chi connectivity index (χ3n) is 4.70. The molecular formula is C18H22F2N4O. The first kappa shape index (κ1) is 17.4.